The molecule has 1 aromatic rings. The summed E-state index contributed by atoms with van der Waals surface area (Å²) in [5.41, 5.74) is -0.456. The van der Waals surface area contributed by atoms with Crippen molar-refractivity contribution in [2.24, 2.45) is 0 Å². The van der Waals surface area contributed by atoms with Crippen LogP contribution >= 0.6 is 0 Å². The number of benzene rings is 1. The average Bonchev–Trinajstić information content (AvgIpc) is 2.60. The largest absolute Gasteiger partial charge is 0.493 e. The first kappa shape index (κ1) is 15.8. The van der Waals surface area contributed by atoms with E-state index in [0.717, 1.165) is 5.56 Å². The monoisotopic (exact) mass is 321 g/mol. The normalized spacial score (nSPS) is 23.6. The number of amides is 1. The van der Waals surface area contributed by atoms with E-state index >= 15 is 0 Å². The number of likely N-dealkylation sites (tertiary alicyclic amines) is 1. The van der Waals surface area contributed by atoms with Crippen molar-refractivity contribution in [3.63, 3.8) is 0 Å². The molecule has 0 radical (unpaired) electrons. The highest BCUT2D eigenvalue weighted by Crippen LogP contribution is 2.36. The Labute approximate surface area is 134 Å². The molecule has 1 N–H and O–H groups in total. The van der Waals surface area contributed by atoms with E-state index in [9.17, 15) is 14.3 Å². The van der Waals surface area contributed by atoms with Crippen molar-refractivity contribution >= 4 is 12.0 Å². The molecular formula is C17H20FNO4. The SMILES string of the molecule is COc1cccc2c1OCC(C(=O)N1CCCC(F)(CO)C1)=C2. The first-order chi connectivity index (χ1) is 11.1. The molecule has 1 aromatic carbocycles. The highest BCUT2D eigenvalue weighted by molar-refractivity contribution is 5.99. The van der Waals surface area contributed by atoms with Crippen LogP contribution in [0.15, 0.2) is 23.8 Å². The molecule has 1 fully saturated rings. The quantitative estimate of drug-likeness (QED) is 0.922. The molecule has 2 aliphatic heterocycles. The number of rotatable bonds is 3. The Kier molecular flexibility index (Phi) is 4.26. The van der Waals surface area contributed by atoms with Crippen molar-refractivity contribution in [2.45, 2.75) is 18.5 Å². The van der Waals surface area contributed by atoms with Crippen LogP contribution in [0.2, 0.25) is 0 Å². The van der Waals surface area contributed by atoms with Crippen molar-refractivity contribution < 1.29 is 23.8 Å². The number of fused-ring (bicyclic) bond motifs is 1. The van der Waals surface area contributed by atoms with E-state index in [2.05, 4.69) is 0 Å². The van der Waals surface area contributed by atoms with Crippen molar-refractivity contribution in [2.75, 3.05) is 33.4 Å². The summed E-state index contributed by atoms with van der Waals surface area (Å²) in [6.07, 6.45) is 2.58. The molecule has 23 heavy (non-hydrogen) atoms. The lowest BCUT2D eigenvalue weighted by Crippen LogP contribution is -2.50. The number of nitrogens with zero attached hydrogens (tertiary/aromatic N) is 1. The minimum Gasteiger partial charge on any atom is -0.493 e. The third-order valence-electron chi connectivity index (χ3n) is 4.30. The molecule has 1 saturated heterocycles. The molecule has 1 atom stereocenters. The van der Waals surface area contributed by atoms with E-state index in [4.69, 9.17) is 9.47 Å². The Morgan fingerprint density at radius 3 is 3.09 bits per heavy atom. The fourth-order valence-corrected chi connectivity index (χ4v) is 3.06. The highest BCUT2D eigenvalue weighted by Gasteiger charge is 2.37. The fourth-order valence-electron chi connectivity index (χ4n) is 3.06. The zero-order chi connectivity index (χ0) is 16.4. The second-order valence-electron chi connectivity index (χ2n) is 5.98. The molecule has 0 spiro atoms. The topological polar surface area (TPSA) is 59.0 Å². The number of piperidine rings is 1. The number of aliphatic hydroxyl groups is 1. The highest BCUT2D eigenvalue weighted by atomic mass is 19.1. The van der Waals surface area contributed by atoms with Gasteiger partial charge in [-0.25, -0.2) is 4.39 Å². The van der Waals surface area contributed by atoms with Gasteiger partial charge in [-0.2, -0.15) is 0 Å². The summed E-state index contributed by atoms with van der Waals surface area (Å²) >= 11 is 0. The van der Waals surface area contributed by atoms with E-state index < -0.39 is 12.3 Å². The molecule has 2 aliphatic rings. The van der Waals surface area contributed by atoms with Gasteiger partial charge in [0, 0.05) is 12.1 Å². The number of hydrogen-bond donors (Lipinski definition) is 1. The molecule has 5 nitrogen and oxygen atoms in total. The second-order valence-corrected chi connectivity index (χ2v) is 5.98. The Morgan fingerprint density at radius 2 is 2.35 bits per heavy atom. The lowest BCUT2D eigenvalue weighted by molar-refractivity contribution is -0.132. The lowest BCUT2D eigenvalue weighted by Gasteiger charge is -2.37. The number of carbonyl (C=O) groups excluding carboxylic acids is 1. The first-order valence-corrected chi connectivity index (χ1v) is 7.66. The van der Waals surface area contributed by atoms with Crippen LogP contribution in [-0.2, 0) is 4.79 Å². The maximum absolute atomic E-state index is 14.3. The van der Waals surface area contributed by atoms with Crippen LogP contribution < -0.4 is 9.47 Å². The first-order valence-electron chi connectivity index (χ1n) is 7.66. The Bertz CT molecular complexity index is 645. The van der Waals surface area contributed by atoms with Crippen LogP contribution in [0.3, 0.4) is 0 Å². The van der Waals surface area contributed by atoms with Gasteiger partial charge >= 0.3 is 0 Å². The molecule has 124 valence electrons. The van der Waals surface area contributed by atoms with Gasteiger partial charge in [0.25, 0.3) is 5.91 Å². The maximum atomic E-state index is 14.3. The Morgan fingerprint density at radius 1 is 1.52 bits per heavy atom. The van der Waals surface area contributed by atoms with E-state index in [1.165, 1.54) is 4.90 Å². The molecule has 0 aliphatic carbocycles. The molecule has 1 unspecified atom stereocenters. The van der Waals surface area contributed by atoms with Gasteiger partial charge in [0.05, 0.1) is 25.8 Å². The zero-order valence-corrected chi connectivity index (χ0v) is 13.0. The molecule has 0 bridgehead atoms. The lowest BCUT2D eigenvalue weighted by atomic mass is 9.94. The van der Waals surface area contributed by atoms with Crippen LogP contribution in [0, 0.1) is 0 Å². The predicted molar refractivity (Wildman–Crippen MR) is 83.2 cm³/mol. The van der Waals surface area contributed by atoms with Crippen LogP contribution in [0.5, 0.6) is 11.5 Å². The number of ether oxygens (including phenoxy) is 2. The van der Waals surface area contributed by atoms with Crippen LogP contribution in [0.4, 0.5) is 4.39 Å². The van der Waals surface area contributed by atoms with Crippen molar-refractivity contribution in [3.05, 3.63) is 29.3 Å². The zero-order valence-electron chi connectivity index (χ0n) is 13.0. The molecule has 6 heteroatoms. The van der Waals surface area contributed by atoms with Crippen LogP contribution in [0.25, 0.3) is 6.08 Å². The van der Waals surface area contributed by atoms with Gasteiger partial charge in [0.2, 0.25) is 0 Å². The van der Waals surface area contributed by atoms with Crippen LogP contribution in [-0.4, -0.2) is 55.0 Å². The summed E-state index contributed by atoms with van der Waals surface area (Å²) in [6.45, 7) is -0.0229. The number of halogens is 1. The van der Waals surface area contributed by atoms with Crippen molar-refractivity contribution in [3.8, 4) is 11.5 Å². The number of hydrogen-bond acceptors (Lipinski definition) is 4. The maximum Gasteiger partial charge on any atom is 0.253 e. The second kappa shape index (κ2) is 6.20. The molecule has 0 aromatic heterocycles. The summed E-state index contributed by atoms with van der Waals surface area (Å²) in [4.78, 5) is 14.1. The summed E-state index contributed by atoms with van der Waals surface area (Å²) in [5, 5.41) is 9.18. The molecule has 2 heterocycles. The van der Waals surface area contributed by atoms with Crippen molar-refractivity contribution in [1.29, 1.82) is 0 Å². The fraction of sp³-hybridized carbons (Fsp3) is 0.471. The number of para-hydroxylation sites is 1. The van der Waals surface area contributed by atoms with Gasteiger partial charge in [-0.1, -0.05) is 12.1 Å². The molecule has 3 rings (SSSR count). The standard InChI is InChI=1S/C17H20FNO4/c1-22-14-5-2-4-12-8-13(9-23-15(12)14)16(21)19-7-3-6-17(18,10-19)11-20/h2,4-5,8,20H,3,6-7,9-11H2,1H3. The average molecular weight is 321 g/mol. The van der Waals surface area contributed by atoms with E-state index in [-0.39, 0.29) is 25.5 Å². The number of carbonyl (C=O) groups is 1. The summed E-state index contributed by atoms with van der Waals surface area (Å²) in [6, 6.07) is 5.46. The third-order valence-corrected chi connectivity index (χ3v) is 4.30. The van der Waals surface area contributed by atoms with Gasteiger partial charge in [0.15, 0.2) is 17.2 Å². The Balaban J connectivity index is 1.82. The van der Waals surface area contributed by atoms with Crippen molar-refractivity contribution in [1.82, 2.24) is 4.90 Å². The van der Waals surface area contributed by atoms with Gasteiger partial charge in [-0.3, -0.25) is 4.79 Å². The number of aliphatic hydroxyl groups excluding tert-OH is 1. The van der Waals surface area contributed by atoms with E-state index in [0.29, 0.717) is 30.0 Å². The van der Waals surface area contributed by atoms with Crippen LogP contribution in [0.1, 0.15) is 18.4 Å². The minimum atomic E-state index is -1.70. The van der Waals surface area contributed by atoms with Gasteiger partial charge in [-0.05, 0) is 25.0 Å². The number of alkyl halides is 1. The Hall–Kier alpha value is -2.08. The summed E-state index contributed by atoms with van der Waals surface area (Å²) < 4.78 is 25.2. The van der Waals surface area contributed by atoms with E-state index in [1.54, 1.807) is 19.3 Å². The van der Waals surface area contributed by atoms with Gasteiger partial charge in [0.1, 0.15) is 6.61 Å². The smallest absolute Gasteiger partial charge is 0.253 e. The molecule has 0 saturated carbocycles. The van der Waals surface area contributed by atoms with Gasteiger partial charge < -0.3 is 19.5 Å². The third kappa shape index (κ3) is 3.03. The minimum absolute atomic E-state index is 0.0787. The molecule has 1 amide bonds. The summed E-state index contributed by atoms with van der Waals surface area (Å²) in [7, 11) is 1.56. The number of methoxy groups -OCH3 is 1. The van der Waals surface area contributed by atoms with E-state index in [1.807, 2.05) is 12.1 Å². The predicted octanol–water partition coefficient (Wildman–Crippen LogP) is 1.79. The summed E-state index contributed by atoms with van der Waals surface area (Å²) in [5.74, 6) is 0.986. The van der Waals surface area contributed by atoms with Gasteiger partial charge in [-0.15, -0.1) is 0 Å². The molecular weight excluding hydrogens is 301 g/mol.